The van der Waals surface area contributed by atoms with Crippen LogP contribution in [0.5, 0.6) is 0 Å². The van der Waals surface area contributed by atoms with Crippen molar-refractivity contribution < 1.29 is 23.8 Å². The van der Waals surface area contributed by atoms with Crippen LogP contribution in [0.4, 0.5) is 0 Å². The van der Waals surface area contributed by atoms with Crippen molar-refractivity contribution in [3.05, 3.63) is 0 Å². The zero-order chi connectivity index (χ0) is 9.50. The van der Waals surface area contributed by atoms with Gasteiger partial charge in [0, 0.05) is 6.92 Å². The molecule has 4 N–H and O–H groups in total. The Morgan fingerprint density at radius 2 is 1.64 bits per heavy atom. The average molecular weight is 183 g/mol. The highest BCUT2D eigenvalue weighted by Crippen LogP contribution is 2.21. The van der Waals surface area contributed by atoms with Crippen LogP contribution in [-0.4, -0.2) is 28.5 Å². The van der Waals surface area contributed by atoms with E-state index < -0.39 is 20.6 Å². The fraction of sp³-hybridized carbons (Fsp3) is 1.00. The normalized spacial score (nSPS) is 19.5. The first-order chi connectivity index (χ1) is 4.50. The molecule has 1 unspecified atom stereocenters. The molecule has 0 bridgehead atoms. The number of hydrogen-bond donors (Lipinski definition) is 2. The van der Waals surface area contributed by atoms with Gasteiger partial charge in [-0.15, -0.1) is 0 Å². The largest absolute Gasteiger partial charge is 0.743 e. The minimum Gasteiger partial charge on any atom is -0.743 e. The van der Waals surface area contributed by atoms with E-state index >= 15 is 0 Å². The van der Waals surface area contributed by atoms with Gasteiger partial charge in [-0.25, -0.2) is 8.42 Å². The van der Waals surface area contributed by atoms with Crippen molar-refractivity contribution in [2.24, 2.45) is 0 Å². The molecule has 0 spiro atoms. The van der Waals surface area contributed by atoms with Crippen LogP contribution in [-0.2, 0) is 10.1 Å². The molecule has 0 aliphatic heterocycles. The van der Waals surface area contributed by atoms with Crippen molar-refractivity contribution in [3.8, 4) is 0 Å². The first-order valence-electron chi connectivity index (χ1n) is 3.03. The van der Waals surface area contributed by atoms with Gasteiger partial charge in [0.15, 0.2) is 10.1 Å². The zero-order valence-electron chi connectivity index (χ0n) is 6.79. The molecule has 0 amide bonds. The molecule has 0 saturated heterocycles. The lowest BCUT2D eigenvalue weighted by Gasteiger charge is -2.34. The fourth-order valence-corrected chi connectivity index (χ4v) is 0.918. The first kappa shape index (κ1) is 10.8. The average Bonchev–Trinajstić information content (AvgIpc) is 1.58. The zero-order valence-corrected chi connectivity index (χ0v) is 7.60. The van der Waals surface area contributed by atoms with Gasteiger partial charge in [0.2, 0.25) is 4.87 Å². The van der Waals surface area contributed by atoms with E-state index in [0.717, 1.165) is 6.92 Å². The van der Waals surface area contributed by atoms with Crippen LogP contribution in [0.25, 0.3) is 0 Å². The summed E-state index contributed by atoms with van der Waals surface area (Å²) in [6.45, 7) is 3.56. The molecule has 0 radical (unpaired) electrons. The Balaban J connectivity index is 5.08. The summed E-state index contributed by atoms with van der Waals surface area (Å²) < 4.78 is 31.6. The summed E-state index contributed by atoms with van der Waals surface area (Å²) in [5.74, 6) is 0. The van der Waals surface area contributed by atoms with E-state index in [4.69, 9.17) is 0 Å². The topological polar surface area (TPSA) is 105 Å². The molecule has 0 saturated carbocycles. The summed E-state index contributed by atoms with van der Waals surface area (Å²) >= 11 is 0. The number of hydrogen-bond acceptors (Lipinski definition) is 4. The highest BCUT2D eigenvalue weighted by Gasteiger charge is 2.46. The van der Waals surface area contributed by atoms with Gasteiger partial charge in [-0.3, -0.25) is 0 Å². The molecule has 0 rings (SSSR count). The summed E-state index contributed by atoms with van der Waals surface area (Å²) in [4.78, 5) is -1.90. The highest BCUT2D eigenvalue weighted by atomic mass is 32.2. The maximum Gasteiger partial charge on any atom is 0.209 e. The second-order valence-corrected chi connectivity index (χ2v) is 5.05. The van der Waals surface area contributed by atoms with E-state index in [-0.39, 0.29) is 0 Å². The quantitative estimate of drug-likeness (QED) is 0.496. The van der Waals surface area contributed by atoms with Gasteiger partial charge in [0.25, 0.3) is 0 Å². The van der Waals surface area contributed by atoms with Gasteiger partial charge < -0.3 is 15.4 Å². The van der Waals surface area contributed by atoms with Crippen molar-refractivity contribution >= 4 is 10.1 Å². The van der Waals surface area contributed by atoms with Crippen LogP contribution >= 0.6 is 0 Å². The fourth-order valence-electron chi connectivity index (χ4n) is 0.306. The minimum atomic E-state index is -4.57. The van der Waals surface area contributed by atoms with E-state index in [1.165, 1.54) is 13.8 Å². The van der Waals surface area contributed by atoms with Crippen LogP contribution in [0.15, 0.2) is 0 Å². The Bertz CT molecular complexity index is 236. The van der Waals surface area contributed by atoms with Crippen LogP contribution < -0.4 is 5.73 Å². The number of aliphatic hydroxyl groups is 1. The number of quaternary nitrogens is 1. The third-order valence-corrected chi connectivity index (χ3v) is 3.45. The molecule has 0 aliphatic rings. The molecule has 0 aliphatic carbocycles. The monoisotopic (exact) mass is 183 g/mol. The lowest BCUT2D eigenvalue weighted by Crippen LogP contribution is -2.82. The van der Waals surface area contributed by atoms with E-state index in [2.05, 4.69) is 5.73 Å². The van der Waals surface area contributed by atoms with Gasteiger partial charge in [-0.2, -0.15) is 0 Å². The summed E-state index contributed by atoms with van der Waals surface area (Å²) in [6.07, 6.45) is 0. The summed E-state index contributed by atoms with van der Waals surface area (Å²) in [7, 11) is -4.57. The molecule has 6 heteroatoms. The van der Waals surface area contributed by atoms with E-state index in [0.29, 0.717) is 0 Å². The standard InChI is InChI=1S/C5H13NO4S/c1-4(2,7)5(3,6)11(8,9)10/h7H,6H2,1-3H3,(H,8,9,10). The van der Waals surface area contributed by atoms with Gasteiger partial charge in [0.1, 0.15) is 5.60 Å². The smallest absolute Gasteiger partial charge is 0.209 e. The molecular formula is C5H13NO4S. The molecular weight excluding hydrogens is 170 g/mol. The van der Waals surface area contributed by atoms with Crippen molar-refractivity contribution in [1.82, 2.24) is 0 Å². The van der Waals surface area contributed by atoms with Crippen LogP contribution in [0.3, 0.4) is 0 Å². The maximum atomic E-state index is 10.5. The Labute approximate surface area is 66.0 Å². The van der Waals surface area contributed by atoms with Crippen LogP contribution in [0.2, 0.25) is 0 Å². The van der Waals surface area contributed by atoms with Crippen molar-refractivity contribution in [2.45, 2.75) is 31.2 Å². The summed E-state index contributed by atoms with van der Waals surface area (Å²) in [6, 6.07) is 0. The summed E-state index contributed by atoms with van der Waals surface area (Å²) in [5, 5.41) is 9.24. The highest BCUT2D eigenvalue weighted by molar-refractivity contribution is 7.87. The Hall–Kier alpha value is -0.170. The van der Waals surface area contributed by atoms with Crippen molar-refractivity contribution in [1.29, 1.82) is 0 Å². The van der Waals surface area contributed by atoms with Crippen LogP contribution in [0, 0.1) is 0 Å². The third kappa shape index (κ3) is 1.90. The molecule has 68 valence electrons. The lowest BCUT2D eigenvalue weighted by molar-refractivity contribution is -0.469. The van der Waals surface area contributed by atoms with Gasteiger partial charge in [0.05, 0.1) is 0 Å². The lowest BCUT2D eigenvalue weighted by atomic mass is 10.0. The first-order valence-corrected chi connectivity index (χ1v) is 4.44. The van der Waals surface area contributed by atoms with Crippen LogP contribution in [0.1, 0.15) is 20.8 Å². The Morgan fingerprint density at radius 3 is 1.64 bits per heavy atom. The molecule has 11 heavy (non-hydrogen) atoms. The van der Waals surface area contributed by atoms with E-state index in [1.807, 2.05) is 0 Å². The van der Waals surface area contributed by atoms with Gasteiger partial charge in [-0.1, -0.05) is 0 Å². The molecule has 1 atom stereocenters. The third-order valence-electron chi connectivity index (χ3n) is 1.85. The second kappa shape index (κ2) is 2.41. The Kier molecular flexibility index (Phi) is 2.37. The molecule has 0 aromatic heterocycles. The van der Waals surface area contributed by atoms with Gasteiger partial charge >= 0.3 is 0 Å². The van der Waals surface area contributed by atoms with Crippen molar-refractivity contribution in [2.75, 3.05) is 0 Å². The maximum absolute atomic E-state index is 10.5. The molecule has 0 aromatic carbocycles. The van der Waals surface area contributed by atoms with E-state index in [1.54, 1.807) is 0 Å². The molecule has 0 heterocycles. The predicted octanol–water partition coefficient (Wildman–Crippen LogP) is -1.74. The SMILES string of the molecule is CC(C)(O)C(C)([NH3+])S(=O)(=O)[O-]. The number of rotatable bonds is 2. The van der Waals surface area contributed by atoms with Gasteiger partial charge in [-0.05, 0) is 13.8 Å². The van der Waals surface area contributed by atoms with Crippen molar-refractivity contribution in [3.63, 3.8) is 0 Å². The second-order valence-electron chi connectivity index (χ2n) is 3.24. The van der Waals surface area contributed by atoms with E-state index in [9.17, 15) is 18.1 Å². The molecule has 0 aromatic rings. The Morgan fingerprint density at radius 1 is 1.36 bits per heavy atom. The summed E-state index contributed by atoms with van der Waals surface area (Å²) in [5.41, 5.74) is 1.53. The minimum absolute atomic E-state index is 1.09. The molecule has 0 fully saturated rings. The molecule has 5 nitrogen and oxygen atoms in total. The predicted molar refractivity (Wildman–Crippen MR) is 37.3 cm³/mol.